The van der Waals surface area contributed by atoms with E-state index in [0.717, 1.165) is 37.2 Å². The maximum absolute atomic E-state index is 12.0. The number of carboxylic acid groups (broad SMARTS) is 1. The van der Waals surface area contributed by atoms with E-state index in [1.54, 1.807) is 12.1 Å². The van der Waals surface area contributed by atoms with Gasteiger partial charge in [0.1, 0.15) is 12.2 Å². The number of aryl methyl sites for hydroxylation is 1. The van der Waals surface area contributed by atoms with Crippen molar-refractivity contribution in [1.82, 2.24) is 16.0 Å². The molecule has 1 saturated heterocycles. The van der Waals surface area contributed by atoms with Crippen LogP contribution >= 0.6 is 0 Å². The first-order chi connectivity index (χ1) is 12.5. The molecule has 1 aromatic carbocycles. The minimum Gasteiger partial charge on any atom is -0.480 e. The van der Waals surface area contributed by atoms with E-state index in [4.69, 9.17) is 15.8 Å². The summed E-state index contributed by atoms with van der Waals surface area (Å²) in [5, 5.41) is 18.2. The van der Waals surface area contributed by atoms with E-state index in [0.29, 0.717) is 11.6 Å². The average Bonchev–Trinajstić information content (AvgIpc) is 3.07. The Bertz CT molecular complexity index is 689. The highest BCUT2D eigenvalue weighted by Crippen LogP contribution is 2.17. The number of hydrogen-bond donors (Lipinski definition) is 5. The fraction of sp³-hybridized carbons (Fsp3) is 0.500. The van der Waals surface area contributed by atoms with Crippen LogP contribution in [-0.4, -0.2) is 54.2 Å². The first kappa shape index (κ1) is 18.3. The lowest BCUT2D eigenvalue weighted by Crippen LogP contribution is -2.46. The normalized spacial score (nSPS) is 22.7. The smallest absolute Gasteiger partial charge is 0.322 e. The van der Waals surface area contributed by atoms with Gasteiger partial charge >= 0.3 is 5.97 Å². The van der Waals surface area contributed by atoms with Crippen LogP contribution < -0.4 is 21.7 Å². The standard InChI is InChI=1S/C18H25N5O3/c19-13(18(25)26)10-21-17(24)12-6-3-11(4-7-12)5-8-15-22-14-2-1-9-20-16(14)23-15/h3-4,6-7,13-14,16,20H,1-2,5,8-10,19H2,(H,21,24)(H,22,23)(H,25,26)/t13-,14?,16?/m0/s1. The lowest BCUT2D eigenvalue weighted by Gasteiger charge is -2.24. The fourth-order valence-electron chi connectivity index (χ4n) is 3.19. The summed E-state index contributed by atoms with van der Waals surface area (Å²) in [5.41, 5.74) is 6.98. The first-order valence-electron chi connectivity index (χ1n) is 8.95. The van der Waals surface area contributed by atoms with Gasteiger partial charge in [-0.25, -0.2) is 0 Å². The van der Waals surface area contributed by atoms with Gasteiger partial charge in [-0.1, -0.05) is 12.1 Å². The van der Waals surface area contributed by atoms with E-state index in [-0.39, 0.29) is 18.6 Å². The number of amides is 1. The van der Waals surface area contributed by atoms with E-state index in [2.05, 4.69) is 16.0 Å². The van der Waals surface area contributed by atoms with Crippen LogP contribution in [0.4, 0.5) is 0 Å². The average molecular weight is 359 g/mol. The van der Waals surface area contributed by atoms with Gasteiger partial charge in [0, 0.05) is 18.5 Å². The number of nitrogens with two attached hydrogens (primary N) is 1. The van der Waals surface area contributed by atoms with Gasteiger partial charge in [-0.2, -0.15) is 0 Å². The second-order valence-electron chi connectivity index (χ2n) is 6.72. The third kappa shape index (κ3) is 4.59. The molecule has 0 saturated carbocycles. The summed E-state index contributed by atoms with van der Waals surface area (Å²) in [5.74, 6) is -0.428. The Balaban J connectivity index is 1.47. The minimum absolute atomic E-state index is 0.0994. The number of nitrogens with one attached hydrogen (secondary N) is 3. The monoisotopic (exact) mass is 359 g/mol. The van der Waals surface area contributed by atoms with Gasteiger partial charge in [0.2, 0.25) is 0 Å². The molecule has 0 radical (unpaired) electrons. The summed E-state index contributed by atoms with van der Waals surface area (Å²) in [4.78, 5) is 27.4. The molecule has 0 aliphatic carbocycles. The number of rotatable bonds is 7. The second kappa shape index (κ2) is 8.29. The molecule has 8 nitrogen and oxygen atoms in total. The topological polar surface area (TPSA) is 129 Å². The van der Waals surface area contributed by atoms with Crippen LogP contribution in [0.1, 0.15) is 35.2 Å². The number of carbonyl (C=O) groups excluding carboxylic acids is 1. The summed E-state index contributed by atoms with van der Waals surface area (Å²) in [6.45, 7) is 0.929. The molecule has 1 amide bonds. The predicted octanol–water partition coefficient (Wildman–Crippen LogP) is -0.159. The number of aliphatic imine (C=N–C) groups is 1. The van der Waals surface area contributed by atoms with Crippen molar-refractivity contribution in [1.29, 1.82) is 0 Å². The molecule has 8 heteroatoms. The molecule has 2 heterocycles. The summed E-state index contributed by atoms with van der Waals surface area (Å²) in [7, 11) is 0. The highest BCUT2D eigenvalue weighted by Gasteiger charge is 2.29. The quantitative estimate of drug-likeness (QED) is 0.460. The van der Waals surface area contributed by atoms with Crippen molar-refractivity contribution in [2.24, 2.45) is 10.7 Å². The van der Waals surface area contributed by atoms with Gasteiger partial charge in [-0.05, 0) is 43.5 Å². The van der Waals surface area contributed by atoms with Gasteiger partial charge < -0.3 is 21.5 Å². The molecule has 2 aliphatic rings. The molecule has 0 aromatic heterocycles. The van der Waals surface area contributed by atoms with Crippen molar-refractivity contribution in [3.63, 3.8) is 0 Å². The number of fused-ring (bicyclic) bond motifs is 1. The largest absolute Gasteiger partial charge is 0.480 e. The molecular weight excluding hydrogens is 334 g/mol. The maximum atomic E-state index is 12.0. The molecule has 2 aliphatic heterocycles. The summed E-state index contributed by atoms with van der Waals surface area (Å²) in [6, 6.07) is 6.61. The Kier molecular flexibility index (Phi) is 5.85. The Morgan fingerprint density at radius 3 is 2.77 bits per heavy atom. The number of nitrogens with zero attached hydrogens (tertiary/aromatic N) is 1. The number of carbonyl (C=O) groups is 2. The molecule has 3 rings (SSSR count). The molecule has 6 N–H and O–H groups in total. The van der Waals surface area contributed by atoms with Crippen molar-refractivity contribution in [2.75, 3.05) is 13.1 Å². The molecule has 3 atom stereocenters. The predicted molar refractivity (Wildman–Crippen MR) is 98.1 cm³/mol. The lowest BCUT2D eigenvalue weighted by atomic mass is 10.1. The SMILES string of the molecule is N[C@@H](CNC(=O)c1ccc(CCC2=NC3NCCCC3N2)cc1)C(=O)O. The number of aliphatic carboxylic acids is 1. The number of hydrogen-bond acceptors (Lipinski definition) is 6. The Morgan fingerprint density at radius 2 is 2.08 bits per heavy atom. The molecule has 1 aromatic rings. The van der Waals surface area contributed by atoms with Crippen LogP contribution in [0.15, 0.2) is 29.3 Å². The van der Waals surface area contributed by atoms with Gasteiger partial charge in [-0.15, -0.1) is 0 Å². The van der Waals surface area contributed by atoms with Gasteiger partial charge in [0.25, 0.3) is 5.91 Å². The van der Waals surface area contributed by atoms with Crippen molar-refractivity contribution in [3.8, 4) is 0 Å². The van der Waals surface area contributed by atoms with Crippen molar-refractivity contribution >= 4 is 17.7 Å². The number of amidine groups is 1. The van der Waals surface area contributed by atoms with E-state index in [9.17, 15) is 9.59 Å². The molecule has 140 valence electrons. The Hall–Kier alpha value is -2.45. The van der Waals surface area contributed by atoms with Crippen molar-refractivity contribution < 1.29 is 14.7 Å². The maximum Gasteiger partial charge on any atom is 0.322 e. The van der Waals surface area contributed by atoms with Crippen LogP contribution in [0.5, 0.6) is 0 Å². The third-order valence-electron chi connectivity index (χ3n) is 4.74. The molecule has 0 spiro atoms. The summed E-state index contributed by atoms with van der Waals surface area (Å²) in [6.07, 6.45) is 4.23. The van der Waals surface area contributed by atoms with E-state index >= 15 is 0 Å². The Morgan fingerprint density at radius 1 is 1.31 bits per heavy atom. The molecule has 1 fully saturated rings. The van der Waals surface area contributed by atoms with Crippen molar-refractivity contribution in [2.45, 2.75) is 43.9 Å². The van der Waals surface area contributed by atoms with Gasteiger partial charge in [0.05, 0.1) is 11.9 Å². The summed E-state index contributed by atoms with van der Waals surface area (Å²) >= 11 is 0. The van der Waals surface area contributed by atoms with Crippen LogP contribution in [0.2, 0.25) is 0 Å². The highest BCUT2D eigenvalue weighted by molar-refractivity contribution is 5.94. The van der Waals surface area contributed by atoms with Crippen LogP contribution in [0.3, 0.4) is 0 Å². The number of benzene rings is 1. The van der Waals surface area contributed by atoms with Gasteiger partial charge in [-0.3, -0.25) is 19.9 Å². The second-order valence-corrected chi connectivity index (χ2v) is 6.72. The highest BCUT2D eigenvalue weighted by atomic mass is 16.4. The van der Waals surface area contributed by atoms with E-state index in [1.165, 1.54) is 6.42 Å². The molecule has 26 heavy (non-hydrogen) atoms. The first-order valence-corrected chi connectivity index (χ1v) is 8.95. The molecular formula is C18H25N5O3. The van der Waals surface area contributed by atoms with Gasteiger partial charge in [0.15, 0.2) is 0 Å². The van der Waals surface area contributed by atoms with Crippen LogP contribution in [0.25, 0.3) is 0 Å². The third-order valence-corrected chi connectivity index (χ3v) is 4.74. The van der Waals surface area contributed by atoms with Crippen molar-refractivity contribution in [3.05, 3.63) is 35.4 Å². The van der Waals surface area contributed by atoms with Crippen LogP contribution in [0, 0.1) is 0 Å². The number of carboxylic acids is 1. The van der Waals surface area contributed by atoms with E-state index < -0.39 is 12.0 Å². The zero-order valence-electron chi connectivity index (χ0n) is 14.6. The van der Waals surface area contributed by atoms with E-state index in [1.807, 2.05) is 12.1 Å². The summed E-state index contributed by atoms with van der Waals surface area (Å²) < 4.78 is 0. The fourth-order valence-corrected chi connectivity index (χ4v) is 3.19. The Labute approximate surface area is 152 Å². The molecule has 0 bridgehead atoms. The van der Waals surface area contributed by atoms with Crippen LogP contribution in [-0.2, 0) is 11.2 Å². The zero-order chi connectivity index (χ0) is 18.5. The lowest BCUT2D eigenvalue weighted by molar-refractivity contribution is -0.138. The molecule has 2 unspecified atom stereocenters. The number of piperidine rings is 1. The zero-order valence-corrected chi connectivity index (χ0v) is 14.6. The minimum atomic E-state index is -1.14.